The van der Waals surface area contributed by atoms with E-state index in [0.717, 1.165) is 64.2 Å². The van der Waals surface area contributed by atoms with Crippen molar-refractivity contribution >= 4 is 35.8 Å². The number of carbonyl (C=O) groups is 6. The molecule has 0 saturated carbocycles. The lowest BCUT2D eigenvalue weighted by atomic mass is 10.1. The molecule has 1 aromatic carbocycles. The van der Waals surface area contributed by atoms with Gasteiger partial charge in [0.1, 0.15) is 0 Å². The molecule has 12 heteroatoms. The Balaban J connectivity index is -0.000000297. The monoisotopic (exact) mass is 785 g/mol. The quantitative estimate of drug-likeness (QED) is 0.0436. The van der Waals surface area contributed by atoms with Crippen LogP contribution in [0.2, 0.25) is 0 Å². The zero-order chi connectivity index (χ0) is 42.7. The number of unbranched alkanes of at least 4 members (excludes halogenated alkanes) is 16. The number of carboxylic acid groups (broad SMARTS) is 6. The number of hydrogen-bond acceptors (Lipinski definition) is 6. The number of aliphatic carboxylic acids is 4. The van der Waals surface area contributed by atoms with E-state index < -0.39 is 35.8 Å². The molecular formula is C43H76O12. The summed E-state index contributed by atoms with van der Waals surface area (Å²) < 4.78 is 0. The minimum Gasteiger partial charge on any atom is -0.481 e. The Morgan fingerprint density at radius 1 is 0.400 bits per heavy atom. The van der Waals surface area contributed by atoms with Crippen LogP contribution in [-0.2, 0) is 19.2 Å². The Kier molecular flexibility index (Phi) is 46.7. The van der Waals surface area contributed by atoms with Crippen molar-refractivity contribution in [1.82, 2.24) is 0 Å². The minimum absolute atomic E-state index is 0.190. The molecule has 0 aromatic heterocycles. The van der Waals surface area contributed by atoms with Crippen LogP contribution in [0, 0.1) is 5.92 Å². The van der Waals surface area contributed by atoms with Gasteiger partial charge in [-0.25, -0.2) is 9.59 Å². The van der Waals surface area contributed by atoms with Gasteiger partial charge in [0, 0.05) is 25.7 Å². The molecule has 0 fully saturated rings. The molecule has 6 N–H and O–H groups in total. The molecule has 0 heterocycles. The molecule has 0 aliphatic rings. The third kappa shape index (κ3) is 54.5. The van der Waals surface area contributed by atoms with Gasteiger partial charge in [0.25, 0.3) is 0 Å². The Hall–Kier alpha value is -3.96. The highest BCUT2D eigenvalue weighted by atomic mass is 16.4. The lowest BCUT2D eigenvalue weighted by Crippen LogP contribution is -2.06. The summed E-state index contributed by atoms with van der Waals surface area (Å²) in [7, 11) is 0. The van der Waals surface area contributed by atoms with E-state index in [1.54, 1.807) is 0 Å². The van der Waals surface area contributed by atoms with E-state index in [-0.39, 0.29) is 11.1 Å². The van der Waals surface area contributed by atoms with E-state index in [4.69, 9.17) is 30.6 Å². The fourth-order valence-electron chi connectivity index (χ4n) is 4.85. The molecule has 0 atom stereocenters. The Morgan fingerprint density at radius 3 is 0.873 bits per heavy atom. The van der Waals surface area contributed by atoms with E-state index in [2.05, 4.69) is 34.6 Å². The lowest BCUT2D eigenvalue weighted by molar-refractivity contribution is -0.138. The maximum Gasteiger partial charge on any atom is 0.336 e. The normalized spacial score (nSPS) is 9.85. The Morgan fingerprint density at radius 2 is 0.636 bits per heavy atom. The van der Waals surface area contributed by atoms with Crippen LogP contribution in [-0.4, -0.2) is 66.5 Å². The van der Waals surface area contributed by atoms with E-state index in [9.17, 15) is 28.8 Å². The van der Waals surface area contributed by atoms with E-state index in [0.29, 0.717) is 31.6 Å². The molecule has 1 aromatic rings. The van der Waals surface area contributed by atoms with Gasteiger partial charge >= 0.3 is 35.8 Å². The first kappa shape index (κ1) is 57.8. The molecule has 0 aliphatic carbocycles. The zero-order valence-corrected chi connectivity index (χ0v) is 34.7. The fraction of sp³-hybridized carbons (Fsp3) is 0.721. The number of rotatable bonds is 28. The SMILES string of the molecule is CC(C)CCCCC(=O)O.CCCCCCC(=O)O.CCCCCCCCC(=O)O.CCCCCCCCCCC(=O)O.O=C(O)c1ccccc1C(=O)O. The van der Waals surface area contributed by atoms with Crippen molar-refractivity contribution in [2.24, 2.45) is 5.92 Å². The number of aromatic carboxylic acids is 2. The van der Waals surface area contributed by atoms with E-state index in [1.165, 1.54) is 94.9 Å². The smallest absolute Gasteiger partial charge is 0.336 e. The number of hydrogen-bond donors (Lipinski definition) is 6. The first-order valence-corrected chi connectivity index (χ1v) is 20.5. The van der Waals surface area contributed by atoms with Crippen LogP contribution in [0.15, 0.2) is 24.3 Å². The summed E-state index contributed by atoms with van der Waals surface area (Å²) in [5.74, 6) is -4.43. The van der Waals surface area contributed by atoms with Gasteiger partial charge in [0.05, 0.1) is 11.1 Å². The average molecular weight is 785 g/mol. The van der Waals surface area contributed by atoms with Gasteiger partial charge in [-0.3, -0.25) is 19.2 Å². The van der Waals surface area contributed by atoms with Gasteiger partial charge in [-0.2, -0.15) is 0 Å². The summed E-state index contributed by atoms with van der Waals surface area (Å²) in [5.41, 5.74) is -0.380. The second kappa shape index (κ2) is 44.4. The second-order valence-electron chi connectivity index (χ2n) is 13.9. The topological polar surface area (TPSA) is 224 Å². The van der Waals surface area contributed by atoms with Crippen LogP contribution in [0.5, 0.6) is 0 Å². The third-order valence-electron chi connectivity index (χ3n) is 8.04. The van der Waals surface area contributed by atoms with Gasteiger partial charge in [0.2, 0.25) is 0 Å². The third-order valence-corrected chi connectivity index (χ3v) is 8.04. The van der Waals surface area contributed by atoms with Crippen molar-refractivity contribution in [2.45, 2.75) is 195 Å². The van der Waals surface area contributed by atoms with Gasteiger partial charge in [-0.05, 0) is 43.7 Å². The molecule has 0 bridgehead atoms. The lowest BCUT2D eigenvalue weighted by Gasteiger charge is -2.01. The first-order valence-electron chi connectivity index (χ1n) is 20.5. The van der Waals surface area contributed by atoms with Crippen molar-refractivity contribution in [3.63, 3.8) is 0 Å². The molecule has 0 amide bonds. The highest BCUT2D eigenvalue weighted by molar-refractivity contribution is 6.01. The summed E-state index contributed by atoms with van der Waals surface area (Å²) in [6.45, 7) is 10.8. The second-order valence-corrected chi connectivity index (χ2v) is 13.9. The fourth-order valence-corrected chi connectivity index (χ4v) is 4.85. The molecule has 0 spiro atoms. The maximum absolute atomic E-state index is 10.5. The van der Waals surface area contributed by atoms with Gasteiger partial charge in [-0.15, -0.1) is 0 Å². The molecule has 0 unspecified atom stereocenters. The molecule has 12 nitrogen and oxygen atoms in total. The summed E-state index contributed by atoms with van der Waals surface area (Å²) >= 11 is 0. The zero-order valence-electron chi connectivity index (χ0n) is 34.7. The van der Waals surface area contributed by atoms with Crippen LogP contribution < -0.4 is 0 Å². The maximum atomic E-state index is 10.5. The largest absolute Gasteiger partial charge is 0.481 e. The average Bonchev–Trinajstić information content (AvgIpc) is 3.12. The molecule has 0 aliphatic heterocycles. The first-order chi connectivity index (χ1) is 26.1. The van der Waals surface area contributed by atoms with Crippen molar-refractivity contribution in [2.75, 3.05) is 0 Å². The van der Waals surface area contributed by atoms with Crippen LogP contribution in [0.25, 0.3) is 0 Å². The molecule has 55 heavy (non-hydrogen) atoms. The van der Waals surface area contributed by atoms with Crippen molar-refractivity contribution in [1.29, 1.82) is 0 Å². The molecule has 0 saturated heterocycles. The number of benzene rings is 1. The van der Waals surface area contributed by atoms with Crippen molar-refractivity contribution in [3.05, 3.63) is 35.4 Å². The van der Waals surface area contributed by atoms with Crippen LogP contribution >= 0.6 is 0 Å². The van der Waals surface area contributed by atoms with Crippen molar-refractivity contribution < 1.29 is 59.4 Å². The van der Waals surface area contributed by atoms with Crippen molar-refractivity contribution in [3.8, 4) is 0 Å². The summed E-state index contributed by atoms with van der Waals surface area (Å²) in [6.07, 6.45) is 25.2. The van der Waals surface area contributed by atoms with Crippen LogP contribution in [0.3, 0.4) is 0 Å². The van der Waals surface area contributed by atoms with E-state index in [1.807, 2.05) is 0 Å². The molecule has 1 rings (SSSR count). The summed E-state index contributed by atoms with van der Waals surface area (Å²) in [4.78, 5) is 61.2. The highest BCUT2D eigenvalue weighted by Crippen LogP contribution is 2.11. The predicted molar refractivity (Wildman–Crippen MR) is 218 cm³/mol. The van der Waals surface area contributed by atoms with Gasteiger partial charge in [0.15, 0.2) is 0 Å². The minimum atomic E-state index is -1.23. The molecular weight excluding hydrogens is 708 g/mol. The Labute approximate surface area is 331 Å². The summed E-state index contributed by atoms with van der Waals surface area (Å²) in [6, 6.07) is 5.48. The van der Waals surface area contributed by atoms with Gasteiger partial charge < -0.3 is 30.6 Å². The van der Waals surface area contributed by atoms with Gasteiger partial charge in [-0.1, -0.05) is 156 Å². The van der Waals surface area contributed by atoms with Crippen LogP contribution in [0.4, 0.5) is 0 Å². The predicted octanol–water partition coefficient (Wildman–Crippen LogP) is 11.8. The number of carboxylic acids is 6. The highest BCUT2D eigenvalue weighted by Gasteiger charge is 2.13. The molecule has 0 radical (unpaired) electrons. The van der Waals surface area contributed by atoms with Crippen LogP contribution in [0.1, 0.15) is 216 Å². The molecule has 320 valence electrons. The summed E-state index contributed by atoms with van der Waals surface area (Å²) in [5, 5.41) is 50.3. The standard InChI is InChI=1S/C11H22O2.C9H18O2.C8H6O4.C8H16O2.C7H14O2/c1-2-3-4-5-6-7-8-9-10-11(12)13;1-2-3-4-5-6-7-8-9(10)11;9-7(10)5-3-1-2-4-6(5)8(11)12;1-7(2)5-3-4-6-8(9)10;1-2-3-4-5-6-7(8)9/h2-10H2,1H3,(H,12,13);2-8H2,1H3,(H,10,11);1-4H,(H,9,10)(H,11,12);7H,3-6H2,1-2H3,(H,9,10);2-6H2,1H3,(H,8,9). The van der Waals surface area contributed by atoms with E-state index >= 15 is 0 Å². The Bertz CT molecular complexity index is 1070.